The lowest BCUT2D eigenvalue weighted by Crippen LogP contribution is -2.32. The van der Waals surface area contributed by atoms with Crippen LogP contribution in [-0.2, 0) is 19.7 Å². The van der Waals surface area contributed by atoms with Gasteiger partial charge in [-0.2, -0.15) is 0 Å². The molecule has 0 radical (unpaired) electrons. The van der Waals surface area contributed by atoms with Crippen molar-refractivity contribution >= 4 is 23.5 Å². The summed E-state index contributed by atoms with van der Waals surface area (Å²) < 4.78 is 10.3. The standard InChI is InChI=1S/C23H28N2O5/c1-5-29-19-9-7-6-8-18(19)25-20(26)15-30-21(27)14-24-22(28)16-10-12-17(13-11-16)23(2,3)4/h6-13H,5,14-15H2,1-4H3,(H,24,28)(H,25,26). The molecule has 0 aromatic heterocycles. The summed E-state index contributed by atoms with van der Waals surface area (Å²) in [6, 6.07) is 14.2. The van der Waals surface area contributed by atoms with Gasteiger partial charge in [-0.25, -0.2) is 0 Å². The third-order valence-electron chi connectivity index (χ3n) is 4.23. The first kappa shape index (κ1) is 22.9. The number of ether oxygens (including phenoxy) is 2. The van der Waals surface area contributed by atoms with Crippen LogP contribution in [0.5, 0.6) is 5.75 Å². The van der Waals surface area contributed by atoms with E-state index in [1.54, 1.807) is 36.4 Å². The van der Waals surface area contributed by atoms with Crippen LogP contribution in [0.25, 0.3) is 0 Å². The normalized spacial score (nSPS) is 10.8. The molecule has 0 atom stereocenters. The Morgan fingerprint density at radius 3 is 2.27 bits per heavy atom. The Kier molecular flexibility index (Phi) is 7.98. The molecule has 160 valence electrons. The van der Waals surface area contributed by atoms with Crippen molar-refractivity contribution in [2.24, 2.45) is 0 Å². The Morgan fingerprint density at radius 1 is 0.967 bits per heavy atom. The van der Waals surface area contributed by atoms with Gasteiger partial charge < -0.3 is 20.1 Å². The predicted octanol–water partition coefficient (Wildman–Crippen LogP) is 3.29. The summed E-state index contributed by atoms with van der Waals surface area (Å²) in [5.41, 5.74) is 2.03. The van der Waals surface area contributed by atoms with Crippen molar-refractivity contribution in [3.05, 3.63) is 59.7 Å². The molecule has 2 aromatic rings. The molecule has 2 N–H and O–H groups in total. The zero-order valence-corrected chi connectivity index (χ0v) is 17.8. The third-order valence-corrected chi connectivity index (χ3v) is 4.23. The minimum Gasteiger partial charge on any atom is -0.492 e. The monoisotopic (exact) mass is 412 g/mol. The van der Waals surface area contributed by atoms with Crippen molar-refractivity contribution in [2.45, 2.75) is 33.1 Å². The highest BCUT2D eigenvalue weighted by atomic mass is 16.5. The predicted molar refractivity (Wildman–Crippen MR) is 115 cm³/mol. The highest BCUT2D eigenvalue weighted by molar-refractivity contribution is 5.97. The first-order valence-corrected chi connectivity index (χ1v) is 9.76. The zero-order valence-electron chi connectivity index (χ0n) is 17.8. The lowest BCUT2D eigenvalue weighted by atomic mass is 9.87. The average molecular weight is 412 g/mol. The molecular formula is C23H28N2O5. The van der Waals surface area contributed by atoms with Crippen LogP contribution in [-0.4, -0.2) is 37.5 Å². The van der Waals surface area contributed by atoms with Crippen molar-refractivity contribution in [3.8, 4) is 5.75 Å². The topological polar surface area (TPSA) is 93.7 Å². The molecule has 7 nitrogen and oxygen atoms in total. The number of rotatable bonds is 8. The van der Waals surface area contributed by atoms with Gasteiger partial charge in [0.05, 0.1) is 12.3 Å². The molecule has 2 aromatic carbocycles. The second kappa shape index (κ2) is 10.4. The zero-order chi connectivity index (χ0) is 22.1. The maximum atomic E-state index is 12.2. The SMILES string of the molecule is CCOc1ccccc1NC(=O)COC(=O)CNC(=O)c1ccc(C(C)(C)C)cc1. The fraction of sp³-hybridized carbons (Fsp3) is 0.348. The second-order valence-corrected chi connectivity index (χ2v) is 7.65. The molecule has 0 unspecified atom stereocenters. The molecule has 7 heteroatoms. The molecular weight excluding hydrogens is 384 g/mol. The third kappa shape index (κ3) is 6.92. The lowest BCUT2D eigenvalue weighted by Gasteiger charge is -2.19. The molecule has 0 aliphatic heterocycles. The van der Waals surface area contributed by atoms with Gasteiger partial charge >= 0.3 is 5.97 Å². The Labute approximate surface area is 176 Å². The lowest BCUT2D eigenvalue weighted by molar-refractivity contribution is -0.146. The first-order valence-electron chi connectivity index (χ1n) is 9.76. The summed E-state index contributed by atoms with van der Waals surface area (Å²) in [6.07, 6.45) is 0. The van der Waals surface area contributed by atoms with Gasteiger partial charge in [0.25, 0.3) is 11.8 Å². The van der Waals surface area contributed by atoms with Gasteiger partial charge in [0.1, 0.15) is 12.3 Å². The van der Waals surface area contributed by atoms with Crippen molar-refractivity contribution in [1.29, 1.82) is 0 Å². The quantitative estimate of drug-likeness (QED) is 0.649. The van der Waals surface area contributed by atoms with Crippen molar-refractivity contribution < 1.29 is 23.9 Å². The molecule has 0 aliphatic rings. The molecule has 0 saturated carbocycles. The average Bonchev–Trinajstić information content (AvgIpc) is 2.71. The molecule has 2 amide bonds. The number of benzene rings is 2. The largest absolute Gasteiger partial charge is 0.492 e. The molecule has 0 spiro atoms. The minimum atomic E-state index is -0.706. The van der Waals surface area contributed by atoms with Crippen LogP contribution >= 0.6 is 0 Å². The van der Waals surface area contributed by atoms with Gasteiger partial charge in [0.2, 0.25) is 0 Å². The van der Waals surface area contributed by atoms with Crippen LogP contribution in [0.2, 0.25) is 0 Å². The van der Waals surface area contributed by atoms with Crippen LogP contribution in [0.15, 0.2) is 48.5 Å². The van der Waals surface area contributed by atoms with E-state index in [2.05, 4.69) is 31.4 Å². The smallest absolute Gasteiger partial charge is 0.325 e. The van der Waals surface area contributed by atoms with E-state index in [1.807, 2.05) is 19.1 Å². The molecule has 0 bridgehead atoms. The number of hydrogen-bond donors (Lipinski definition) is 2. The maximum Gasteiger partial charge on any atom is 0.325 e. The summed E-state index contributed by atoms with van der Waals surface area (Å²) in [5, 5.41) is 5.12. The van der Waals surface area contributed by atoms with Gasteiger partial charge in [-0.05, 0) is 42.2 Å². The number of anilines is 1. The second-order valence-electron chi connectivity index (χ2n) is 7.65. The number of esters is 1. The summed E-state index contributed by atoms with van der Waals surface area (Å²) in [5.74, 6) is -1.06. The fourth-order valence-electron chi connectivity index (χ4n) is 2.61. The molecule has 0 aliphatic carbocycles. The van der Waals surface area contributed by atoms with E-state index < -0.39 is 18.5 Å². The number of nitrogens with one attached hydrogen (secondary N) is 2. The van der Waals surface area contributed by atoms with Crippen LogP contribution < -0.4 is 15.4 Å². The molecule has 0 fully saturated rings. The van der Waals surface area contributed by atoms with Crippen LogP contribution in [0.4, 0.5) is 5.69 Å². The minimum absolute atomic E-state index is 0.0113. The number of carbonyl (C=O) groups is 3. The van der Waals surface area contributed by atoms with Gasteiger partial charge in [-0.1, -0.05) is 45.0 Å². The highest BCUT2D eigenvalue weighted by Crippen LogP contribution is 2.23. The van der Waals surface area contributed by atoms with Crippen molar-refractivity contribution in [1.82, 2.24) is 5.32 Å². The number of amides is 2. The highest BCUT2D eigenvalue weighted by Gasteiger charge is 2.15. The van der Waals surface area contributed by atoms with Gasteiger partial charge in [0.15, 0.2) is 6.61 Å². The van der Waals surface area contributed by atoms with E-state index in [1.165, 1.54) is 0 Å². The number of hydrogen-bond acceptors (Lipinski definition) is 5. The molecule has 2 rings (SSSR count). The summed E-state index contributed by atoms with van der Waals surface area (Å²) >= 11 is 0. The van der Waals surface area contributed by atoms with Crippen LogP contribution in [0.1, 0.15) is 43.6 Å². The first-order chi connectivity index (χ1) is 14.2. The maximum absolute atomic E-state index is 12.2. The summed E-state index contributed by atoms with van der Waals surface area (Å²) in [4.78, 5) is 36.0. The molecule has 0 heterocycles. The van der Waals surface area contributed by atoms with E-state index in [-0.39, 0.29) is 17.9 Å². The number of carbonyl (C=O) groups excluding carboxylic acids is 3. The van der Waals surface area contributed by atoms with E-state index in [4.69, 9.17) is 9.47 Å². The molecule has 0 saturated heterocycles. The Hall–Kier alpha value is -3.35. The van der Waals surface area contributed by atoms with Crippen molar-refractivity contribution in [2.75, 3.05) is 25.1 Å². The molecule has 30 heavy (non-hydrogen) atoms. The van der Waals surface area contributed by atoms with Crippen molar-refractivity contribution in [3.63, 3.8) is 0 Å². The van der Waals surface area contributed by atoms with E-state index in [9.17, 15) is 14.4 Å². The van der Waals surface area contributed by atoms with Gasteiger partial charge in [-0.3, -0.25) is 14.4 Å². The van der Waals surface area contributed by atoms with Crippen LogP contribution in [0, 0.1) is 0 Å². The van der Waals surface area contributed by atoms with Crippen LogP contribution in [0.3, 0.4) is 0 Å². The van der Waals surface area contributed by atoms with E-state index in [0.29, 0.717) is 23.6 Å². The Bertz CT molecular complexity index is 885. The van der Waals surface area contributed by atoms with Gasteiger partial charge in [0, 0.05) is 5.56 Å². The van der Waals surface area contributed by atoms with E-state index >= 15 is 0 Å². The Balaban J connectivity index is 1.78. The number of para-hydroxylation sites is 2. The summed E-state index contributed by atoms with van der Waals surface area (Å²) in [6.45, 7) is 7.77. The van der Waals surface area contributed by atoms with Gasteiger partial charge in [-0.15, -0.1) is 0 Å². The fourth-order valence-corrected chi connectivity index (χ4v) is 2.61. The summed E-state index contributed by atoms with van der Waals surface area (Å²) in [7, 11) is 0. The Morgan fingerprint density at radius 2 is 1.63 bits per heavy atom. The van der Waals surface area contributed by atoms with E-state index in [0.717, 1.165) is 5.56 Å².